The first-order chi connectivity index (χ1) is 13.7. The maximum absolute atomic E-state index is 13.0. The van der Waals surface area contributed by atoms with Crippen molar-refractivity contribution in [3.8, 4) is 0 Å². The number of amides is 2. The monoisotopic (exact) mass is 406 g/mol. The Hall–Kier alpha value is -2.84. The molecule has 0 saturated heterocycles. The highest BCUT2D eigenvalue weighted by molar-refractivity contribution is 5.93. The molecule has 2 aliphatic rings. The molecule has 1 aliphatic heterocycles. The van der Waals surface area contributed by atoms with E-state index < -0.39 is 23.1 Å². The van der Waals surface area contributed by atoms with Gasteiger partial charge in [-0.1, -0.05) is 18.2 Å². The number of nitrogens with zero attached hydrogens (tertiary/aromatic N) is 2. The Balaban J connectivity index is 1.43. The number of hydrogen-bond acceptors (Lipinski definition) is 3. The number of primary amides is 1. The number of aryl methyl sites for hydroxylation is 1. The lowest BCUT2D eigenvalue weighted by atomic mass is 9.91. The minimum atomic E-state index is -4.44. The van der Waals surface area contributed by atoms with Crippen LogP contribution in [0.5, 0.6) is 0 Å². The first kappa shape index (κ1) is 19.5. The molecule has 2 amide bonds. The van der Waals surface area contributed by atoms with Gasteiger partial charge in [0.25, 0.3) is 5.91 Å². The normalized spacial score (nSPS) is 20.0. The number of benzene rings is 1. The lowest BCUT2D eigenvalue weighted by Gasteiger charge is -2.25. The van der Waals surface area contributed by atoms with Gasteiger partial charge < -0.3 is 11.1 Å². The Morgan fingerprint density at radius 2 is 2.07 bits per heavy atom. The molecule has 29 heavy (non-hydrogen) atoms. The summed E-state index contributed by atoms with van der Waals surface area (Å²) in [6.45, 7) is 1.02. The molecule has 1 atom stereocenters. The lowest BCUT2D eigenvalue weighted by Crippen LogP contribution is -2.39. The van der Waals surface area contributed by atoms with E-state index in [2.05, 4.69) is 10.4 Å². The molecule has 0 bridgehead atoms. The highest BCUT2D eigenvalue weighted by Crippen LogP contribution is 2.49. The van der Waals surface area contributed by atoms with Crippen molar-refractivity contribution in [1.29, 1.82) is 0 Å². The van der Waals surface area contributed by atoms with Crippen molar-refractivity contribution < 1.29 is 22.8 Å². The van der Waals surface area contributed by atoms with Gasteiger partial charge in [0.15, 0.2) is 0 Å². The van der Waals surface area contributed by atoms with Crippen molar-refractivity contribution in [3.63, 3.8) is 0 Å². The van der Waals surface area contributed by atoms with E-state index in [0.29, 0.717) is 43.5 Å². The van der Waals surface area contributed by atoms with Crippen LogP contribution in [0.25, 0.3) is 0 Å². The summed E-state index contributed by atoms with van der Waals surface area (Å²) in [6.07, 6.45) is -0.567. The van der Waals surface area contributed by atoms with Crippen LogP contribution in [0.3, 0.4) is 0 Å². The number of carbonyl (C=O) groups is 2. The van der Waals surface area contributed by atoms with E-state index in [0.717, 1.165) is 24.2 Å². The molecule has 2 heterocycles. The van der Waals surface area contributed by atoms with Crippen LogP contribution in [0.15, 0.2) is 30.5 Å². The molecule has 1 aliphatic carbocycles. The second kappa shape index (κ2) is 6.89. The number of fused-ring (bicyclic) bond motifs is 1. The van der Waals surface area contributed by atoms with Gasteiger partial charge in [-0.15, -0.1) is 0 Å². The van der Waals surface area contributed by atoms with Gasteiger partial charge >= 0.3 is 6.18 Å². The third-order valence-corrected chi connectivity index (χ3v) is 5.92. The zero-order valence-corrected chi connectivity index (χ0v) is 15.6. The van der Waals surface area contributed by atoms with E-state index in [9.17, 15) is 22.8 Å². The van der Waals surface area contributed by atoms with E-state index >= 15 is 0 Å². The summed E-state index contributed by atoms with van der Waals surface area (Å²) >= 11 is 0. The number of rotatable bonds is 5. The van der Waals surface area contributed by atoms with Gasteiger partial charge in [0, 0.05) is 13.1 Å². The molecule has 9 heteroatoms. The summed E-state index contributed by atoms with van der Waals surface area (Å²) in [4.78, 5) is 24.3. The molecule has 1 saturated carbocycles. The predicted octanol–water partition coefficient (Wildman–Crippen LogP) is 2.41. The van der Waals surface area contributed by atoms with Gasteiger partial charge in [-0.3, -0.25) is 14.3 Å². The Labute approximate surface area is 165 Å². The molecular weight excluding hydrogens is 385 g/mol. The molecule has 1 aromatic heterocycles. The lowest BCUT2D eigenvalue weighted by molar-refractivity contribution is -0.137. The summed E-state index contributed by atoms with van der Waals surface area (Å²) in [5, 5.41) is 7.08. The number of nitrogens with two attached hydrogens (primary N) is 1. The van der Waals surface area contributed by atoms with E-state index in [1.807, 2.05) is 0 Å². The third-order valence-electron chi connectivity index (χ3n) is 5.92. The molecule has 1 unspecified atom stereocenters. The maximum atomic E-state index is 13.0. The maximum Gasteiger partial charge on any atom is 0.416 e. The van der Waals surface area contributed by atoms with Crippen molar-refractivity contribution in [3.05, 3.63) is 52.8 Å². The number of hydrogen-bond donors (Lipinski definition) is 2. The van der Waals surface area contributed by atoms with Crippen molar-refractivity contribution in [1.82, 2.24) is 15.1 Å². The van der Waals surface area contributed by atoms with E-state index in [1.54, 1.807) is 10.7 Å². The second-order valence-electron chi connectivity index (χ2n) is 7.82. The Morgan fingerprint density at radius 1 is 1.31 bits per heavy atom. The molecular formula is C20H21F3N4O2. The minimum absolute atomic E-state index is 0.110. The zero-order valence-electron chi connectivity index (χ0n) is 15.6. The van der Waals surface area contributed by atoms with Crippen molar-refractivity contribution >= 4 is 11.8 Å². The molecule has 1 aromatic carbocycles. The van der Waals surface area contributed by atoms with Crippen LogP contribution in [0, 0.1) is 5.92 Å². The van der Waals surface area contributed by atoms with Crippen LogP contribution in [-0.4, -0.2) is 28.1 Å². The van der Waals surface area contributed by atoms with E-state index in [1.165, 1.54) is 12.3 Å². The summed E-state index contributed by atoms with van der Waals surface area (Å²) in [7, 11) is 0. The molecule has 2 aromatic rings. The van der Waals surface area contributed by atoms with Crippen molar-refractivity contribution in [2.45, 2.75) is 43.8 Å². The SMILES string of the molecule is NC(=O)c1cnn2c1CC(CNC(=O)C1(c3cccc(C(F)(F)F)c3)CC1)CC2. The molecule has 1 fully saturated rings. The highest BCUT2D eigenvalue weighted by atomic mass is 19.4. The van der Waals surface area contributed by atoms with Crippen LogP contribution in [0.2, 0.25) is 0 Å². The van der Waals surface area contributed by atoms with Gasteiger partial charge in [-0.2, -0.15) is 18.3 Å². The number of carbonyl (C=O) groups excluding carboxylic acids is 2. The summed E-state index contributed by atoms with van der Waals surface area (Å²) in [5.74, 6) is -0.665. The quantitative estimate of drug-likeness (QED) is 0.799. The second-order valence-corrected chi connectivity index (χ2v) is 7.82. The summed E-state index contributed by atoms with van der Waals surface area (Å²) in [6, 6.07) is 5.02. The average Bonchev–Trinajstić information content (AvgIpc) is 3.39. The summed E-state index contributed by atoms with van der Waals surface area (Å²) in [5.41, 5.74) is 5.32. The van der Waals surface area contributed by atoms with E-state index in [-0.39, 0.29) is 11.8 Å². The van der Waals surface area contributed by atoms with Crippen LogP contribution in [0.1, 0.15) is 46.4 Å². The van der Waals surface area contributed by atoms with Gasteiger partial charge in [-0.05, 0) is 43.2 Å². The van der Waals surface area contributed by atoms with Crippen LogP contribution >= 0.6 is 0 Å². The molecule has 3 N–H and O–H groups in total. The van der Waals surface area contributed by atoms with Crippen LogP contribution in [0.4, 0.5) is 13.2 Å². The Kier molecular flexibility index (Phi) is 4.63. The molecule has 4 rings (SSSR count). The van der Waals surface area contributed by atoms with Crippen molar-refractivity contribution in [2.24, 2.45) is 11.7 Å². The fourth-order valence-corrected chi connectivity index (χ4v) is 4.05. The average molecular weight is 406 g/mol. The number of nitrogens with one attached hydrogen (secondary N) is 1. The van der Waals surface area contributed by atoms with Crippen LogP contribution < -0.4 is 11.1 Å². The highest BCUT2D eigenvalue weighted by Gasteiger charge is 2.51. The standard InChI is InChI=1S/C20H21F3N4O2/c21-20(22,23)14-3-1-2-13(9-14)19(5-6-19)18(29)25-10-12-4-7-27-16(8-12)15(11-26-27)17(24)28/h1-3,9,11-12H,4-8,10H2,(H2,24,28)(H,25,29). The molecule has 0 radical (unpaired) electrons. The largest absolute Gasteiger partial charge is 0.416 e. The Morgan fingerprint density at radius 3 is 2.72 bits per heavy atom. The molecule has 6 nitrogen and oxygen atoms in total. The van der Waals surface area contributed by atoms with Crippen molar-refractivity contribution in [2.75, 3.05) is 6.54 Å². The van der Waals surface area contributed by atoms with Crippen LogP contribution in [-0.2, 0) is 29.4 Å². The topological polar surface area (TPSA) is 90.0 Å². The zero-order chi connectivity index (χ0) is 20.8. The first-order valence-corrected chi connectivity index (χ1v) is 9.51. The Bertz CT molecular complexity index is 963. The fourth-order valence-electron chi connectivity index (χ4n) is 4.05. The van der Waals surface area contributed by atoms with Gasteiger partial charge in [0.05, 0.1) is 28.4 Å². The summed E-state index contributed by atoms with van der Waals surface area (Å²) < 4.78 is 40.8. The third kappa shape index (κ3) is 3.61. The molecule has 154 valence electrons. The predicted molar refractivity (Wildman–Crippen MR) is 97.9 cm³/mol. The smallest absolute Gasteiger partial charge is 0.365 e. The number of aromatic nitrogens is 2. The van der Waals surface area contributed by atoms with Gasteiger partial charge in [0.2, 0.25) is 5.91 Å². The van der Waals surface area contributed by atoms with E-state index in [4.69, 9.17) is 5.73 Å². The minimum Gasteiger partial charge on any atom is -0.365 e. The van der Waals surface area contributed by atoms with Gasteiger partial charge in [-0.25, -0.2) is 0 Å². The number of halogens is 3. The molecule has 0 spiro atoms. The fraction of sp³-hybridized carbons (Fsp3) is 0.450. The van der Waals surface area contributed by atoms with Gasteiger partial charge in [0.1, 0.15) is 0 Å². The first-order valence-electron chi connectivity index (χ1n) is 9.51. The number of alkyl halides is 3.